The van der Waals surface area contributed by atoms with Crippen LogP contribution in [0.15, 0.2) is 18.3 Å². The van der Waals surface area contributed by atoms with Crippen LogP contribution < -0.4 is 0 Å². The zero-order chi connectivity index (χ0) is 13.8. The zero-order valence-electron chi connectivity index (χ0n) is 11.3. The van der Waals surface area contributed by atoms with E-state index in [0.717, 1.165) is 12.8 Å². The molecule has 2 rings (SSSR count). The molecule has 1 aliphatic rings. The van der Waals surface area contributed by atoms with Crippen LogP contribution in [-0.4, -0.2) is 42.1 Å². The molecule has 0 spiro atoms. The molecular formula is C14H19FN2O2. The SMILES string of the molecule is COCCN(C(=O)c1ccnc(F)c1)C(C)C1CC1. The van der Waals surface area contributed by atoms with Crippen molar-refractivity contribution in [2.45, 2.75) is 25.8 Å². The number of rotatable bonds is 6. The quantitative estimate of drug-likeness (QED) is 0.741. The minimum atomic E-state index is -0.628. The van der Waals surface area contributed by atoms with Gasteiger partial charge in [0.1, 0.15) is 0 Å². The molecule has 1 heterocycles. The maximum absolute atomic E-state index is 13.1. The van der Waals surface area contributed by atoms with Gasteiger partial charge in [0, 0.05) is 37.5 Å². The molecule has 0 saturated heterocycles. The number of carbonyl (C=O) groups is 1. The molecular weight excluding hydrogens is 247 g/mol. The first-order valence-electron chi connectivity index (χ1n) is 6.55. The maximum Gasteiger partial charge on any atom is 0.254 e. The summed E-state index contributed by atoms with van der Waals surface area (Å²) in [4.78, 5) is 17.7. The number of hydrogen-bond acceptors (Lipinski definition) is 3. The minimum absolute atomic E-state index is 0.155. The third kappa shape index (κ3) is 3.50. The molecule has 1 aromatic heterocycles. The van der Waals surface area contributed by atoms with E-state index in [0.29, 0.717) is 24.6 Å². The molecule has 1 atom stereocenters. The molecule has 0 radical (unpaired) electrons. The highest BCUT2D eigenvalue weighted by atomic mass is 19.1. The number of amides is 1. The van der Waals surface area contributed by atoms with Gasteiger partial charge in [-0.2, -0.15) is 4.39 Å². The topological polar surface area (TPSA) is 42.4 Å². The number of methoxy groups -OCH3 is 1. The van der Waals surface area contributed by atoms with Crippen molar-refractivity contribution < 1.29 is 13.9 Å². The van der Waals surface area contributed by atoms with Crippen molar-refractivity contribution in [1.29, 1.82) is 0 Å². The molecule has 5 heteroatoms. The summed E-state index contributed by atoms with van der Waals surface area (Å²) in [6, 6.07) is 2.89. The van der Waals surface area contributed by atoms with Crippen molar-refractivity contribution >= 4 is 5.91 Å². The van der Waals surface area contributed by atoms with Crippen LogP contribution in [0.1, 0.15) is 30.1 Å². The van der Waals surface area contributed by atoms with Crippen LogP contribution in [0.5, 0.6) is 0 Å². The van der Waals surface area contributed by atoms with Gasteiger partial charge in [0.15, 0.2) is 0 Å². The molecule has 0 bridgehead atoms. The van der Waals surface area contributed by atoms with Crippen LogP contribution in [-0.2, 0) is 4.74 Å². The van der Waals surface area contributed by atoms with E-state index in [1.54, 1.807) is 18.1 Å². The Hall–Kier alpha value is -1.49. The monoisotopic (exact) mass is 266 g/mol. The second kappa shape index (κ2) is 6.10. The van der Waals surface area contributed by atoms with E-state index in [4.69, 9.17) is 4.74 Å². The molecule has 0 N–H and O–H groups in total. The molecule has 1 aliphatic carbocycles. The lowest BCUT2D eigenvalue weighted by molar-refractivity contribution is 0.0594. The van der Waals surface area contributed by atoms with Gasteiger partial charge in [-0.05, 0) is 31.7 Å². The first-order valence-corrected chi connectivity index (χ1v) is 6.55. The van der Waals surface area contributed by atoms with Crippen molar-refractivity contribution in [2.75, 3.05) is 20.3 Å². The van der Waals surface area contributed by atoms with Crippen molar-refractivity contribution in [3.63, 3.8) is 0 Å². The van der Waals surface area contributed by atoms with Crippen LogP contribution in [0.25, 0.3) is 0 Å². The lowest BCUT2D eigenvalue weighted by Crippen LogP contribution is -2.42. The highest BCUT2D eigenvalue weighted by Gasteiger charge is 2.34. The highest BCUT2D eigenvalue weighted by molar-refractivity contribution is 5.94. The van der Waals surface area contributed by atoms with E-state index in [9.17, 15) is 9.18 Å². The molecule has 1 aromatic rings. The van der Waals surface area contributed by atoms with Gasteiger partial charge < -0.3 is 9.64 Å². The summed E-state index contributed by atoms with van der Waals surface area (Å²) in [7, 11) is 1.61. The Kier molecular flexibility index (Phi) is 4.47. The second-order valence-electron chi connectivity index (χ2n) is 4.94. The molecule has 4 nitrogen and oxygen atoms in total. The minimum Gasteiger partial charge on any atom is -0.383 e. The Labute approximate surface area is 112 Å². The lowest BCUT2D eigenvalue weighted by atomic mass is 10.1. The van der Waals surface area contributed by atoms with Gasteiger partial charge in [0.2, 0.25) is 5.95 Å². The summed E-state index contributed by atoms with van der Waals surface area (Å²) in [5, 5.41) is 0. The number of aromatic nitrogens is 1. The first kappa shape index (κ1) is 13.9. The number of pyridine rings is 1. The lowest BCUT2D eigenvalue weighted by Gasteiger charge is -2.29. The predicted octanol–water partition coefficient (Wildman–Crippen LogP) is 2.11. The van der Waals surface area contributed by atoms with E-state index in [1.807, 2.05) is 6.92 Å². The summed E-state index contributed by atoms with van der Waals surface area (Å²) in [6.07, 6.45) is 3.63. The Morgan fingerprint density at radius 2 is 2.37 bits per heavy atom. The molecule has 0 aliphatic heterocycles. The van der Waals surface area contributed by atoms with Crippen molar-refractivity contribution in [1.82, 2.24) is 9.88 Å². The number of nitrogens with zero attached hydrogens (tertiary/aromatic N) is 2. The third-order valence-electron chi connectivity index (χ3n) is 3.57. The zero-order valence-corrected chi connectivity index (χ0v) is 11.3. The van der Waals surface area contributed by atoms with Crippen LogP contribution in [0.2, 0.25) is 0 Å². The molecule has 1 fully saturated rings. The number of hydrogen-bond donors (Lipinski definition) is 0. The fourth-order valence-electron chi connectivity index (χ4n) is 2.21. The Morgan fingerprint density at radius 1 is 1.63 bits per heavy atom. The van der Waals surface area contributed by atoms with Crippen LogP contribution in [0.4, 0.5) is 4.39 Å². The standard InChI is InChI=1S/C14H19FN2O2/c1-10(11-3-4-11)17(7-8-19-2)14(18)12-5-6-16-13(15)9-12/h5-6,9-11H,3-4,7-8H2,1-2H3. The molecule has 19 heavy (non-hydrogen) atoms. The van der Waals surface area contributed by atoms with Gasteiger partial charge in [-0.3, -0.25) is 4.79 Å². The van der Waals surface area contributed by atoms with Crippen LogP contribution >= 0.6 is 0 Å². The molecule has 104 valence electrons. The van der Waals surface area contributed by atoms with Crippen LogP contribution in [0.3, 0.4) is 0 Å². The van der Waals surface area contributed by atoms with E-state index in [-0.39, 0.29) is 11.9 Å². The molecule has 1 unspecified atom stereocenters. The first-order chi connectivity index (χ1) is 9.13. The van der Waals surface area contributed by atoms with E-state index >= 15 is 0 Å². The summed E-state index contributed by atoms with van der Waals surface area (Å²) < 4.78 is 18.2. The number of halogens is 1. The maximum atomic E-state index is 13.1. The van der Waals surface area contributed by atoms with E-state index in [1.165, 1.54) is 12.3 Å². The number of carbonyl (C=O) groups excluding carboxylic acids is 1. The summed E-state index contributed by atoms with van der Waals surface area (Å²) in [5.74, 6) is -0.221. The highest BCUT2D eigenvalue weighted by Crippen LogP contribution is 2.35. The van der Waals surface area contributed by atoms with E-state index < -0.39 is 5.95 Å². The smallest absolute Gasteiger partial charge is 0.254 e. The summed E-state index contributed by atoms with van der Waals surface area (Å²) in [6.45, 7) is 3.05. The third-order valence-corrected chi connectivity index (χ3v) is 3.57. The largest absolute Gasteiger partial charge is 0.383 e. The van der Waals surface area contributed by atoms with Crippen molar-refractivity contribution in [3.8, 4) is 0 Å². The fourth-order valence-corrected chi connectivity index (χ4v) is 2.21. The Balaban J connectivity index is 2.14. The Bertz CT molecular complexity index is 449. The molecule has 1 saturated carbocycles. The van der Waals surface area contributed by atoms with Crippen LogP contribution in [0, 0.1) is 11.9 Å². The average Bonchev–Trinajstić information content (AvgIpc) is 3.23. The number of ether oxygens (including phenoxy) is 1. The van der Waals surface area contributed by atoms with Gasteiger partial charge in [-0.25, -0.2) is 4.98 Å². The van der Waals surface area contributed by atoms with Gasteiger partial charge >= 0.3 is 0 Å². The van der Waals surface area contributed by atoms with E-state index in [2.05, 4.69) is 4.98 Å². The molecule has 0 aromatic carbocycles. The van der Waals surface area contributed by atoms with Crippen molar-refractivity contribution in [2.24, 2.45) is 5.92 Å². The second-order valence-corrected chi connectivity index (χ2v) is 4.94. The normalized spacial score (nSPS) is 16.2. The summed E-state index contributed by atoms with van der Waals surface area (Å²) >= 11 is 0. The predicted molar refractivity (Wildman–Crippen MR) is 69.3 cm³/mol. The van der Waals surface area contributed by atoms with Gasteiger partial charge in [0.05, 0.1) is 6.61 Å². The van der Waals surface area contributed by atoms with Crippen molar-refractivity contribution in [3.05, 3.63) is 29.8 Å². The Morgan fingerprint density at radius 3 is 2.95 bits per heavy atom. The van der Waals surface area contributed by atoms with Gasteiger partial charge in [-0.1, -0.05) is 0 Å². The fraction of sp³-hybridized carbons (Fsp3) is 0.571. The summed E-state index contributed by atoms with van der Waals surface area (Å²) in [5.41, 5.74) is 0.344. The van der Waals surface area contributed by atoms with Gasteiger partial charge in [-0.15, -0.1) is 0 Å². The average molecular weight is 266 g/mol. The van der Waals surface area contributed by atoms with Gasteiger partial charge in [0.25, 0.3) is 5.91 Å². The molecule has 1 amide bonds.